The number of esters is 1. The molecule has 0 aliphatic heterocycles. The van der Waals surface area contributed by atoms with Gasteiger partial charge in [-0.2, -0.15) is 0 Å². The molecular weight excluding hydrogens is 779 g/mol. The number of aliphatic hydroxyl groups excluding tert-OH is 2. The van der Waals surface area contributed by atoms with Gasteiger partial charge in [0.05, 0.1) is 25.2 Å². The molecule has 0 aliphatic rings. The van der Waals surface area contributed by atoms with E-state index in [1.165, 1.54) is 173 Å². The van der Waals surface area contributed by atoms with Crippen LogP contribution in [0.15, 0.2) is 60.8 Å². The van der Waals surface area contributed by atoms with E-state index in [0.29, 0.717) is 19.3 Å². The molecule has 0 rings (SSSR count). The second-order valence-electron chi connectivity index (χ2n) is 18.4. The van der Waals surface area contributed by atoms with Crippen LogP contribution in [0.4, 0.5) is 0 Å². The van der Waals surface area contributed by atoms with Gasteiger partial charge >= 0.3 is 5.97 Å². The van der Waals surface area contributed by atoms with Gasteiger partial charge in [-0.05, 0) is 19.3 Å². The van der Waals surface area contributed by atoms with Gasteiger partial charge in [0.15, 0.2) is 0 Å². The molecule has 3 atom stereocenters. The second kappa shape index (κ2) is 50.6. The second-order valence-corrected chi connectivity index (χ2v) is 18.4. The average molecular weight is 882 g/mol. The first-order valence-electron chi connectivity index (χ1n) is 27.1. The van der Waals surface area contributed by atoms with Gasteiger partial charge < -0.3 is 20.3 Å². The minimum absolute atomic E-state index is 0.0168. The summed E-state index contributed by atoms with van der Waals surface area (Å²) in [7, 11) is 0. The molecule has 0 saturated heterocycles. The Kier molecular flexibility index (Phi) is 48.6. The van der Waals surface area contributed by atoms with E-state index in [2.05, 4.69) is 32.2 Å². The van der Waals surface area contributed by atoms with Crippen LogP contribution in [0, 0.1) is 0 Å². The van der Waals surface area contributed by atoms with Crippen LogP contribution >= 0.6 is 0 Å². The van der Waals surface area contributed by atoms with Gasteiger partial charge in [-0.15, -0.1) is 0 Å². The van der Waals surface area contributed by atoms with E-state index >= 15 is 0 Å². The van der Waals surface area contributed by atoms with Gasteiger partial charge in [0, 0.05) is 12.8 Å². The number of carbonyl (C=O) groups excluding carboxylic acids is 2. The Morgan fingerprint density at radius 2 is 0.825 bits per heavy atom. The summed E-state index contributed by atoms with van der Waals surface area (Å²) in [5.74, 6) is -0.599. The van der Waals surface area contributed by atoms with Crippen molar-refractivity contribution in [3.05, 3.63) is 60.8 Å². The van der Waals surface area contributed by atoms with E-state index in [0.717, 1.165) is 44.9 Å². The summed E-state index contributed by atoms with van der Waals surface area (Å²) >= 11 is 0. The van der Waals surface area contributed by atoms with Crippen LogP contribution in [-0.4, -0.2) is 46.9 Å². The molecule has 6 nitrogen and oxygen atoms in total. The Hall–Kier alpha value is -2.44. The highest BCUT2D eigenvalue weighted by Crippen LogP contribution is 2.17. The molecule has 0 fully saturated rings. The molecule has 366 valence electrons. The molecule has 0 aromatic heterocycles. The van der Waals surface area contributed by atoms with Crippen molar-refractivity contribution in [2.45, 2.75) is 283 Å². The lowest BCUT2D eigenvalue weighted by Gasteiger charge is -2.24. The van der Waals surface area contributed by atoms with Crippen LogP contribution in [0.25, 0.3) is 0 Å². The number of amides is 1. The summed E-state index contributed by atoms with van der Waals surface area (Å²) in [5.41, 5.74) is 0. The molecule has 0 radical (unpaired) electrons. The quantitative estimate of drug-likeness (QED) is 0.0321. The maximum Gasteiger partial charge on any atom is 0.306 e. The smallest absolute Gasteiger partial charge is 0.306 e. The number of nitrogens with one attached hydrogen (secondary N) is 1. The van der Waals surface area contributed by atoms with E-state index in [1.807, 2.05) is 54.7 Å². The lowest BCUT2D eigenvalue weighted by atomic mass is 10.0. The average Bonchev–Trinajstić information content (AvgIpc) is 3.28. The maximum atomic E-state index is 13.2. The number of hydrogen-bond donors (Lipinski definition) is 3. The number of allylic oxidation sites excluding steroid dienone is 9. The third-order valence-electron chi connectivity index (χ3n) is 12.2. The molecule has 6 heteroatoms. The van der Waals surface area contributed by atoms with Crippen LogP contribution < -0.4 is 5.32 Å². The Morgan fingerprint density at radius 1 is 0.476 bits per heavy atom. The fraction of sp³-hybridized carbons (Fsp3) is 0.789. The Labute approximate surface area is 390 Å². The third kappa shape index (κ3) is 45.9. The zero-order chi connectivity index (χ0) is 45.9. The van der Waals surface area contributed by atoms with E-state index in [1.54, 1.807) is 0 Å². The van der Waals surface area contributed by atoms with Gasteiger partial charge in [0.2, 0.25) is 5.91 Å². The minimum Gasteiger partial charge on any atom is -0.461 e. The summed E-state index contributed by atoms with van der Waals surface area (Å²) < 4.78 is 5.85. The Bertz CT molecular complexity index is 1130. The zero-order valence-corrected chi connectivity index (χ0v) is 41.7. The largest absolute Gasteiger partial charge is 0.461 e. The first-order valence-corrected chi connectivity index (χ1v) is 27.1. The van der Waals surface area contributed by atoms with Crippen molar-refractivity contribution in [2.24, 2.45) is 0 Å². The summed E-state index contributed by atoms with van der Waals surface area (Å²) in [6.45, 7) is 6.32. The molecule has 0 spiro atoms. The van der Waals surface area contributed by atoms with Crippen molar-refractivity contribution in [1.29, 1.82) is 0 Å². The summed E-state index contributed by atoms with van der Waals surface area (Å²) in [6.07, 6.45) is 63.2. The number of rotatable bonds is 48. The highest BCUT2D eigenvalue weighted by atomic mass is 16.5. The Morgan fingerprint density at radius 3 is 1.21 bits per heavy atom. The van der Waals surface area contributed by atoms with Gasteiger partial charge in [-0.25, -0.2) is 0 Å². The van der Waals surface area contributed by atoms with Crippen molar-refractivity contribution >= 4 is 11.9 Å². The van der Waals surface area contributed by atoms with Crippen molar-refractivity contribution in [3.8, 4) is 0 Å². The highest BCUT2D eigenvalue weighted by Gasteiger charge is 2.23. The van der Waals surface area contributed by atoms with Gasteiger partial charge in [0.1, 0.15) is 6.10 Å². The lowest BCUT2D eigenvalue weighted by molar-refractivity contribution is -0.150. The summed E-state index contributed by atoms with van der Waals surface area (Å²) in [5, 5.41) is 23.7. The Balaban J connectivity index is 4.54. The van der Waals surface area contributed by atoms with E-state index in [-0.39, 0.29) is 24.9 Å². The van der Waals surface area contributed by atoms with Crippen LogP contribution in [0.2, 0.25) is 0 Å². The van der Waals surface area contributed by atoms with Crippen molar-refractivity contribution in [1.82, 2.24) is 5.32 Å². The van der Waals surface area contributed by atoms with E-state index in [9.17, 15) is 19.8 Å². The molecule has 1 amide bonds. The fourth-order valence-corrected chi connectivity index (χ4v) is 8.16. The molecule has 3 N–H and O–H groups in total. The van der Waals surface area contributed by atoms with Crippen molar-refractivity contribution in [3.63, 3.8) is 0 Å². The molecule has 0 saturated carbocycles. The number of carbonyl (C=O) groups is 2. The van der Waals surface area contributed by atoms with E-state index in [4.69, 9.17) is 4.74 Å². The third-order valence-corrected chi connectivity index (χ3v) is 12.2. The summed E-state index contributed by atoms with van der Waals surface area (Å²) in [6, 6.07) is -0.739. The van der Waals surface area contributed by atoms with E-state index < -0.39 is 18.2 Å². The van der Waals surface area contributed by atoms with Crippen LogP contribution in [0.1, 0.15) is 265 Å². The van der Waals surface area contributed by atoms with Gasteiger partial charge in [0.25, 0.3) is 0 Å². The van der Waals surface area contributed by atoms with Crippen LogP contribution in [0.3, 0.4) is 0 Å². The zero-order valence-electron chi connectivity index (χ0n) is 41.7. The van der Waals surface area contributed by atoms with Gasteiger partial charge in [-0.1, -0.05) is 287 Å². The van der Waals surface area contributed by atoms with Crippen LogP contribution in [0.5, 0.6) is 0 Å². The molecule has 0 aliphatic carbocycles. The van der Waals surface area contributed by atoms with Crippen LogP contribution in [-0.2, 0) is 14.3 Å². The molecule has 0 bridgehead atoms. The van der Waals surface area contributed by atoms with Crippen molar-refractivity contribution < 1.29 is 24.5 Å². The topological polar surface area (TPSA) is 95.9 Å². The first-order chi connectivity index (χ1) is 31.0. The number of hydrogen-bond acceptors (Lipinski definition) is 5. The molecular formula is C57H103NO5. The monoisotopic (exact) mass is 882 g/mol. The molecule has 0 heterocycles. The number of ether oxygens (including phenoxy) is 1. The molecule has 0 aromatic rings. The predicted molar refractivity (Wildman–Crippen MR) is 273 cm³/mol. The standard InChI is InChI=1S/C57H103NO5/c1-4-7-10-13-16-19-22-24-26-27-28-29-30-32-35-38-41-44-47-50-57(62)63-53(48-45-42-39-36-33-21-18-15-12-9-6-3)51-56(61)58-54(52-59)55(60)49-46-43-40-37-34-31-25-23-20-17-14-11-8-5-2/h9,12,15,18,21,33,36,39,42,45,53-55,59-60H,4-8,10-11,13-14,16-17,19-20,22-32,34-35,37-38,40-41,43-44,46-52H2,1-3H3,(H,58,61)/b12-9+,18-15+,33-21-,39-36-,45-42+. The molecule has 3 unspecified atom stereocenters. The van der Waals surface area contributed by atoms with Crippen molar-refractivity contribution in [2.75, 3.05) is 6.61 Å². The highest BCUT2D eigenvalue weighted by molar-refractivity contribution is 5.77. The van der Waals surface area contributed by atoms with Gasteiger partial charge in [-0.3, -0.25) is 9.59 Å². The number of aliphatic hydroxyl groups is 2. The fourth-order valence-electron chi connectivity index (χ4n) is 8.16. The normalized spacial score (nSPS) is 13.7. The maximum absolute atomic E-state index is 13.2. The minimum atomic E-state index is -0.817. The molecule has 63 heavy (non-hydrogen) atoms. The predicted octanol–water partition coefficient (Wildman–Crippen LogP) is 16.4. The lowest BCUT2D eigenvalue weighted by Crippen LogP contribution is -2.46. The first kappa shape index (κ1) is 60.6. The number of unbranched alkanes of at least 4 members (excludes halogenated alkanes) is 31. The SMILES string of the molecule is CC/C=C/C=C/C=C\C=C/C=C/CC(CC(=O)NC(CO)C(O)CCCCCCCCCCCCCCCC)OC(=O)CCCCCCCCCCCCCCCCCCCCC. The summed E-state index contributed by atoms with van der Waals surface area (Å²) in [4.78, 5) is 26.1. The molecule has 0 aromatic carbocycles.